The molecule has 1 N–H and O–H groups in total. The first-order valence-electron chi connectivity index (χ1n) is 14.9. The minimum Gasteiger partial charge on any atom is -0.490 e. The Kier molecular flexibility index (Phi) is 9.59. The summed E-state index contributed by atoms with van der Waals surface area (Å²) < 4.78 is 11.7. The second-order valence-electron chi connectivity index (χ2n) is 11.1. The van der Waals surface area contributed by atoms with E-state index in [0.717, 1.165) is 46.6 Å². The van der Waals surface area contributed by atoms with Gasteiger partial charge in [0.15, 0.2) is 11.5 Å². The Bertz CT molecular complexity index is 1400. The van der Waals surface area contributed by atoms with Gasteiger partial charge in [0.1, 0.15) is 0 Å². The van der Waals surface area contributed by atoms with Crippen LogP contribution in [0.25, 0.3) is 5.57 Å². The molecule has 0 spiro atoms. The monoisotopic (exact) mass is 567 g/mol. The number of likely N-dealkylation sites (N-methyl/N-ethyl adjacent to an activating group) is 1. The van der Waals surface area contributed by atoms with Gasteiger partial charge in [0.25, 0.3) is 5.91 Å². The molecule has 7 nitrogen and oxygen atoms in total. The average Bonchev–Trinajstić information content (AvgIpc) is 3.01. The van der Waals surface area contributed by atoms with E-state index < -0.39 is 0 Å². The molecule has 2 heterocycles. The van der Waals surface area contributed by atoms with Crippen LogP contribution >= 0.6 is 0 Å². The van der Waals surface area contributed by atoms with E-state index in [9.17, 15) is 9.59 Å². The van der Waals surface area contributed by atoms with Crippen molar-refractivity contribution in [1.29, 1.82) is 0 Å². The molecule has 2 aliphatic rings. The lowest BCUT2D eigenvalue weighted by Crippen LogP contribution is -2.61. The van der Waals surface area contributed by atoms with Crippen molar-refractivity contribution < 1.29 is 19.1 Å². The van der Waals surface area contributed by atoms with Crippen molar-refractivity contribution in [3.05, 3.63) is 101 Å². The number of hydrogen-bond acceptors (Lipinski definition) is 5. The summed E-state index contributed by atoms with van der Waals surface area (Å²) in [4.78, 5) is 30.0. The number of amides is 2. The van der Waals surface area contributed by atoms with Gasteiger partial charge in [-0.25, -0.2) is 0 Å². The number of nitrogens with zero attached hydrogens (tertiary/aromatic N) is 2. The van der Waals surface area contributed by atoms with Crippen LogP contribution in [0.1, 0.15) is 37.0 Å². The van der Waals surface area contributed by atoms with Crippen molar-refractivity contribution in [2.24, 2.45) is 0 Å². The summed E-state index contributed by atoms with van der Waals surface area (Å²) >= 11 is 0. The predicted octanol–water partition coefficient (Wildman–Crippen LogP) is 4.75. The smallest absolute Gasteiger partial charge is 0.251 e. The molecule has 3 aromatic rings. The van der Waals surface area contributed by atoms with Crippen molar-refractivity contribution in [2.45, 2.75) is 45.2 Å². The van der Waals surface area contributed by atoms with Gasteiger partial charge in [-0.15, -0.1) is 0 Å². The highest BCUT2D eigenvalue weighted by atomic mass is 16.5. The van der Waals surface area contributed by atoms with Crippen molar-refractivity contribution >= 4 is 17.4 Å². The number of hydrogen-bond donors (Lipinski definition) is 1. The van der Waals surface area contributed by atoms with E-state index in [-0.39, 0.29) is 23.9 Å². The van der Waals surface area contributed by atoms with Crippen LogP contribution in [0, 0.1) is 0 Å². The fourth-order valence-corrected chi connectivity index (χ4v) is 5.87. The molecule has 42 heavy (non-hydrogen) atoms. The molecule has 0 aliphatic carbocycles. The zero-order valence-corrected chi connectivity index (χ0v) is 24.8. The van der Waals surface area contributed by atoms with E-state index in [1.165, 1.54) is 5.56 Å². The Balaban J connectivity index is 1.33. The summed E-state index contributed by atoms with van der Waals surface area (Å²) in [5, 5.41) is 3.64. The highest BCUT2D eigenvalue weighted by Crippen LogP contribution is 2.34. The summed E-state index contributed by atoms with van der Waals surface area (Å²) in [7, 11) is 1.88. The molecule has 2 unspecified atom stereocenters. The van der Waals surface area contributed by atoms with Crippen molar-refractivity contribution in [3.8, 4) is 11.5 Å². The second-order valence-corrected chi connectivity index (χ2v) is 11.1. The fourth-order valence-electron chi connectivity index (χ4n) is 5.87. The number of piperazine rings is 1. The fraction of sp³-hybridized carbons (Fsp3) is 0.371. The summed E-state index contributed by atoms with van der Waals surface area (Å²) in [5.41, 5.74) is 5.29. The summed E-state index contributed by atoms with van der Waals surface area (Å²) in [6.45, 7) is 6.48. The molecular formula is C35H41N3O4. The molecular weight excluding hydrogens is 526 g/mol. The first-order chi connectivity index (χ1) is 20.4. The SMILES string of the molecule is CCOc1ccccc1OCCc1ccc(C2=C(C(=O)N(C)CCc3ccccc3)C3CN(C(C)=O)CC(C2)N3)cc1. The zero-order chi connectivity index (χ0) is 29.5. The molecule has 1 saturated heterocycles. The van der Waals surface area contributed by atoms with Crippen LogP contribution in [0.3, 0.4) is 0 Å². The van der Waals surface area contributed by atoms with Crippen molar-refractivity contribution in [2.75, 3.05) is 39.9 Å². The summed E-state index contributed by atoms with van der Waals surface area (Å²) in [6, 6.07) is 26.4. The number of nitrogens with one attached hydrogen (secondary N) is 1. The van der Waals surface area contributed by atoms with Gasteiger partial charge in [-0.05, 0) is 54.2 Å². The number of carbonyl (C=O) groups excluding carboxylic acids is 2. The maximum absolute atomic E-state index is 14.0. The number of fused-ring (bicyclic) bond motifs is 2. The topological polar surface area (TPSA) is 71.1 Å². The van der Waals surface area contributed by atoms with Crippen LogP contribution in [0.4, 0.5) is 0 Å². The van der Waals surface area contributed by atoms with Gasteiger partial charge < -0.3 is 24.6 Å². The molecule has 2 bridgehead atoms. The van der Waals surface area contributed by atoms with E-state index in [4.69, 9.17) is 9.47 Å². The molecule has 0 aromatic heterocycles. The van der Waals surface area contributed by atoms with Gasteiger partial charge in [-0.1, -0.05) is 66.7 Å². The average molecular weight is 568 g/mol. The second kappa shape index (κ2) is 13.7. The molecule has 2 amide bonds. The molecule has 220 valence electrons. The zero-order valence-electron chi connectivity index (χ0n) is 24.8. The summed E-state index contributed by atoms with van der Waals surface area (Å²) in [5.74, 6) is 1.58. The molecule has 7 heteroatoms. The Hall–Kier alpha value is -4.10. The molecule has 3 aromatic carbocycles. The molecule has 0 radical (unpaired) electrons. The standard InChI is InChI=1S/C35H41N3O4/c1-4-41-32-12-8-9-13-33(32)42-21-19-27-14-16-28(17-15-27)30-22-29-23-38(25(2)39)24-31(36-29)34(30)35(40)37(3)20-18-26-10-6-5-7-11-26/h5-17,29,31,36H,4,18-24H2,1-3H3. The van der Waals surface area contributed by atoms with Crippen LogP contribution in [0.5, 0.6) is 11.5 Å². The molecule has 2 aliphatic heterocycles. The van der Waals surface area contributed by atoms with Gasteiger partial charge in [0.05, 0.1) is 19.3 Å². The number of ether oxygens (including phenoxy) is 2. The third-order valence-electron chi connectivity index (χ3n) is 8.11. The van der Waals surface area contributed by atoms with Gasteiger partial charge in [-0.3, -0.25) is 9.59 Å². The third kappa shape index (κ3) is 7.02. The van der Waals surface area contributed by atoms with Crippen molar-refractivity contribution in [1.82, 2.24) is 15.1 Å². The van der Waals surface area contributed by atoms with Gasteiger partial charge >= 0.3 is 0 Å². The lowest BCUT2D eigenvalue weighted by Gasteiger charge is -2.44. The van der Waals surface area contributed by atoms with Gasteiger partial charge in [-0.2, -0.15) is 0 Å². The van der Waals surface area contributed by atoms with Crippen LogP contribution in [0.15, 0.2) is 84.4 Å². The molecule has 5 rings (SSSR count). The first-order valence-corrected chi connectivity index (χ1v) is 14.9. The molecule has 0 saturated carbocycles. The lowest BCUT2D eigenvalue weighted by atomic mass is 9.82. The Morgan fingerprint density at radius 3 is 2.24 bits per heavy atom. The van der Waals surface area contributed by atoms with E-state index in [1.54, 1.807) is 6.92 Å². The molecule has 2 atom stereocenters. The van der Waals surface area contributed by atoms with Crippen LogP contribution < -0.4 is 14.8 Å². The largest absolute Gasteiger partial charge is 0.490 e. The minimum atomic E-state index is -0.193. The summed E-state index contributed by atoms with van der Waals surface area (Å²) in [6.07, 6.45) is 2.25. The predicted molar refractivity (Wildman–Crippen MR) is 166 cm³/mol. The first kappa shape index (κ1) is 29.4. The quantitative estimate of drug-likeness (QED) is 0.362. The number of rotatable bonds is 11. The molecule has 1 fully saturated rings. The maximum Gasteiger partial charge on any atom is 0.251 e. The Labute approximate surface area is 249 Å². The van der Waals surface area contributed by atoms with Gasteiger partial charge in [0, 0.05) is 51.6 Å². The Morgan fingerprint density at radius 1 is 0.881 bits per heavy atom. The van der Waals surface area contributed by atoms with E-state index in [0.29, 0.717) is 39.3 Å². The Morgan fingerprint density at radius 2 is 1.55 bits per heavy atom. The lowest BCUT2D eigenvalue weighted by molar-refractivity contribution is -0.132. The highest BCUT2D eigenvalue weighted by Gasteiger charge is 2.39. The number of para-hydroxylation sites is 2. The minimum absolute atomic E-state index is 0.0210. The normalized spacial score (nSPS) is 18.0. The van der Waals surface area contributed by atoms with Gasteiger partial charge in [0.2, 0.25) is 5.91 Å². The van der Waals surface area contributed by atoms with Crippen molar-refractivity contribution in [3.63, 3.8) is 0 Å². The number of carbonyl (C=O) groups is 2. The van der Waals surface area contributed by atoms with E-state index >= 15 is 0 Å². The maximum atomic E-state index is 14.0. The number of benzene rings is 3. The van der Waals surface area contributed by atoms with Crippen LogP contribution in [-0.2, 0) is 22.4 Å². The van der Waals surface area contributed by atoms with E-state index in [2.05, 4.69) is 41.7 Å². The van der Waals surface area contributed by atoms with Crippen LogP contribution in [-0.4, -0.2) is 73.6 Å². The van der Waals surface area contributed by atoms with E-state index in [1.807, 2.05) is 66.2 Å². The third-order valence-corrected chi connectivity index (χ3v) is 8.11. The highest BCUT2D eigenvalue weighted by molar-refractivity contribution is 6.03. The van der Waals surface area contributed by atoms with Crippen LogP contribution in [0.2, 0.25) is 0 Å².